The number of carboxylic acids is 1. The van der Waals surface area contributed by atoms with E-state index in [0.717, 1.165) is 11.4 Å². The minimum absolute atomic E-state index is 0.350. The van der Waals surface area contributed by atoms with Gasteiger partial charge in [0.15, 0.2) is 0 Å². The highest BCUT2D eigenvalue weighted by Crippen LogP contribution is 2.10. The number of hydrogen-bond donors (Lipinski definition) is 2. The van der Waals surface area contributed by atoms with Crippen LogP contribution < -0.4 is 5.32 Å². The molecule has 0 spiro atoms. The van der Waals surface area contributed by atoms with Crippen LogP contribution >= 0.6 is 0 Å². The maximum Gasteiger partial charge on any atom is 0.335 e. The van der Waals surface area contributed by atoms with E-state index in [1.165, 1.54) is 0 Å². The van der Waals surface area contributed by atoms with E-state index in [1.807, 2.05) is 19.1 Å². The standard InChI is InChI=1S/C14H15N3O2/c1-10-15-9-7-13(17-10)16-8-6-11-4-2-3-5-12(11)14(18)19/h2-5,7,9H,6,8H2,1H3,(H,18,19)(H,15,16,17). The minimum atomic E-state index is -0.895. The Morgan fingerprint density at radius 2 is 2.11 bits per heavy atom. The number of anilines is 1. The normalized spacial score (nSPS) is 10.2. The van der Waals surface area contributed by atoms with E-state index in [9.17, 15) is 4.79 Å². The number of nitrogens with one attached hydrogen (secondary N) is 1. The summed E-state index contributed by atoms with van der Waals surface area (Å²) >= 11 is 0. The van der Waals surface area contributed by atoms with E-state index >= 15 is 0 Å². The summed E-state index contributed by atoms with van der Waals surface area (Å²) in [6, 6.07) is 8.81. The van der Waals surface area contributed by atoms with Crippen LogP contribution in [0.1, 0.15) is 21.7 Å². The van der Waals surface area contributed by atoms with Crippen molar-refractivity contribution in [3.05, 3.63) is 53.5 Å². The zero-order valence-electron chi connectivity index (χ0n) is 10.6. The van der Waals surface area contributed by atoms with Gasteiger partial charge in [-0.15, -0.1) is 0 Å². The molecule has 1 heterocycles. The summed E-state index contributed by atoms with van der Waals surface area (Å²) in [4.78, 5) is 19.3. The molecular formula is C14H15N3O2. The Bertz CT molecular complexity index is 584. The van der Waals surface area contributed by atoms with E-state index in [2.05, 4.69) is 15.3 Å². The summed E-state index contributed by atoms with van der Waals surface area (Å²) in [5.41, 5.74) is 1.16. The van der Waals surface area contributed by atoms with Gasteiger partial charge in [-0.1, -0.05) is 18.2 Å². The Morgan fingerprint density at radius 3 is 2.84 bits per heavy atom. The van der Waals surface area contributed by atoms with Gasteiger partial charge in [0.25, 0.3) is 0 Å². The topological polar surface area (TPSA) is 75.1 Å². The maximum absolute atomic E-state index is 11.1. The van der Waals surface area contributed by atoms with Crippen molar-refractivity contribution in [2.24, 2.45) is 0 Å². The largest absolute Gasteiger partial charge is 0.478 e. The molecule has 0 saturated heterocycles. The zero-order valence-corrected chi connectivity index (χ0v) is 10.6. The van der Waals surface area contributed by atoms with Crippen LogP contribution in [0.4, 0.5) is 5.82 Å². The van der Waals surface area contributed by atoms with Crippen LogP contribution in [0, 0.1) is 6.92 Å². The fourth-order valence-corrected chi connectivity index (χ4v) is 1.83. The van der Waals surface area contributed by atoms with Crippen LogP contribution in [-0.2, 0) is 6.42 Å². The monoisotopic (exact) mass is 257 g/mol. The third-order valence-corrected chi connectivity index (χ3v) is 2.72. The molecule has 0 amide bonds. The molecule has 1 aromatic heterocycles. The Morgan fingerprint density at radius 1 is 1.32 bits per heavy atom. The number of carbonyl (C=O) groups is 1. The quantitative estimate of drug-likeness (QED) is 0.858. The fourth-order valence-electron chi connectivity index (χ4n) is 1.83. The molecule has 0 fully saturated rings. The van der Waals surface area contributed by atoms with E-state index in [0.29, 0.717) is 24.4 Å². The lowest BCUT2D eigenvalue weighted by Gasteiger charge is -2.08. The summed E-state index contributed by atoms with van der Waals surface area (Å²) in [6.07, 6.45) is 2.32. The molecule has 2 rings (SSSR count). The first-order chi connectivity index (χ1) is 9.16. The summed E-state index contributed by atoms with van der Waals surface area (Å²) in [6.45, 7) is 2.45. The van der Waals surface area contributed by atoms with Crippen molar-refractivity contribution in [3.63, 3.8) is 0 Å². The summed E-state index contributed by atoms with van der Waals surface area (Å²) in [5.74, 6) is 0.560. The van der Waals surface area contributed by atoms with Gasteiger partial charge in [0.1, 0.15) is 11.6 Å². The first kappa shape index (κ1) is 13.0. The molecule has 0 atom stereocenters. The van der Waals surface area contributed by atoms with E-state index < -0.39 is 5.97 Å². The Balaban J connectivity index is 1.98. The number of rotatable bonds is 5. The highest BCUT2D eigenvalue weighted by Gasteiger charge is 2.08. The molecule has 0 aliphatic rings. The van der Waals surface area contributed by atoms with Crippen LogP contribution in [0.2, 0.25) is 0 Å². The first-order valence-corrected chi connectivity index (χ1v) is 6.01. The van der Waals surface area contributed by atoms with Crippen molar-refractivity contribution in [1.82, 2.24) is 9.97 Å². The second-order valence-electron chi connectivity index (χ2n) is 4.13. The van der Waals surface area contributed by atoms with Gasteiger partial charge in [0.2, 0.25) is 0 Å². The van der Waals surface area contributed by atoms with Crippen LogP contribution in [0.5, 0.6) is 0 Å². The fraction of sp³-hybridized carbons (Fsp3) is 0.214. The molecule has 0 unspecified atom stereocenters. The number of nitrogens with zero attached hydrogens (tertiary/aromatic N) is 2. The Kier molecular flexibility index (Phi) is 4.07. The molecule has 5 heteroatoms. The highest BCUT2D eigenvalue weighted by molar-refractivity contribution is 5.89. The van der Waals surface area contributed by atoms with E-state index in [-0.39, 0.29) is 0 Å². The summed E-state index contributed by atoms with van der Waals surface area (Å²) in [7, 11) is 0. The third-order valence-electron chi connectivity index (χ3n) is 2.72. The van der Waals surface area contributed by atoms with Crippen LogP contribution in [-0.4, -0.2) is 27.6 Å². The van der Waals surface area contributed by atoms with Crippen molar-refractivity contribution in [1.29, 1.82) is 0 Å². The highest BCUT2D eigenvalue weighted by atomic mass is 16.4. The lowest BCUT2D eigenvalue weighted by Crippen LogP contribution is -2.10. The molecule has 0 saturated carbocycles. The van der Waals surface area contributed by atoms with Gasteiger partial charge in [-0.2, -0.15) is 0 Å². The number of benzene rings is 1. The van der Waals surface area contributed by atoms with Crippen molar-refractivity contribution >= 4 is 11.8 Å². The van der Waals surface area contributed by atoms with E-state index in [1.54, 1.807) is 24.4 Å². The van der Waals surface area contributed by atoms with Gasteiger partial charge < -0.3 is 10.4 Å². The van der Waals surface area contributed by atoms with Crippen LogP contribution in [0.15, 0.2) is 36.5 Å². The van der Waals surface area contributed by atoms with Gasteiger partial charge in [-0.25, -0.2) is 14.8 Å². The summed E-state index contributed by atoms with van der Waals surface area (Å²) < 4.78 is 0. The Hall–Kier alpha value is -2.43. The van der Waals surface area contributed by atoms with Crippen LogP contribution in [0.25, 0.3) is 0 Å². The number of aromatic nitrogens is 2. The van der Waals surface area contributed by atoms with Gasteiger partial charge in [-0.3, -0.25) is 0 Å². The molecule has 0 aliphatic carbocycles. The van der Waals surface area contributed by atoms with Gasteiger partial charge >= 0.3 is 5.97 Å². The van der Waals surface area contributed by atoms with Crippen LogP contribution in [0.3, 0.4) is 0 Å². The lowest BCUT2D eigenvalue weighted by molar-refractivity contribution is 0.0695. The number of aryl methyl sites for hydroxylation is 1. The average Bonchev–Trinajstić information content (AvgIpc) is 2.39. The summed E-state index contributed by atoms with van der Waals surface area (Å²) in [5, 5.41) is 12.2. The molecule has 0 aliphatic heterocycles. The van der Waals surface area contributed by atoms with Gasteiger partial charge in [-0.05, 0) is 31.0 Å². The maximum atomic E-state index is 11.1. The predicted octanol–water partition coefficient (Wildman–Crippen LogP) is 2.14. The smallest absolute Gasteiger partial charge is 0.335 e. The molecule has 0 bridgehead atoms. The molecular weight excluding hydrogens is 242 g/mol. The molecule has 1 aromatic carbocycles. The van der Waals surface area contributed by atoms with Crippen molar-refractivity contribution in [2.75, 3.05) is 11.9 Å². The lowest BCUT2D eigenvalue weighted by atomic mass is 10.0. The average molecular weight is 257 g/mol. The number of carboxylic acid groups (broad SMARTS) is 1. The molecule has 19 heavy (non-hydrogen) atoms. The minimum Gasteiger partial charge on any atom is -0.478 e. The number of aromatic carboxylic acids is 1. The second-order valence-corrected chi connectivity index (χ2v) is 4.13. The molecule has 2 N–H and O–H groups in total. The molecule has 2 aromatic rings. The SMILES string of the molecule is Cc1nccc(NCCc2ccccc2C(=O)O)n1. The van der Waals surface area contributed by atoms with E-state index in [4.69, 9.17) is 5.11 Å². The van der Waals surface area contributed by atoms with Crippen molar-refractivity contribution < 1.29 is 9.90 Å². The number of hydrogen-bond acceptors (Lipinski definition) is 4. The van der Waals surface area contributed by atoms with Gasteiger partial charge in [0.05, 0.1) is 5.56 Å². The van der Waals surface area contributed by atoms with Gasteiger partial charge in [0, 0.05) is 12.7 Å². The zero-order chi connectivity index (χ0) is 13.7. The molecule has 5 nitrogen and oxygen atoms in total. The third kappa shape index (κ3) is 3.51. The first-order valence-electron chi connectivity index (χ1n) is 6.01. The molecule has 98 valence electrons. The Labute approximate surface area is 111 Å². The predicted molar refractivity (Wildman–Crippen MR) is 72.4 cm³/mol. The molecule has 0 radical (unpaired) electrons. The van der Waals surface area contributed by atoms with Crippen molar-refractivity contribution in [3.8, 4) is 0 Å². The van der Waals surface area contributed by atoms with Crippen molar-refractivity contribution in [2.45, 2.75) is 13.3 Å². The second kappa shape index (κ2) is 5.95.